The summed E-state index contributed by atoms with van der Waals surface area (Å²) in [5.41, 5.74) is 3.64. The van der Waals surface area contributed by atoms with Gasteiger partial charge in [0.1, 0.15) is 0 Å². The summed E-state index contributed by atoms with van der Waals surface area (Å²) in [5, 5.41) is 2.89. The summed E-state index contributed by atoms with van der Waals surface area (Å²) in [4.78, 5) is 26.6. The van der Waals surface area contributed by atoms with Crippen LogP contribution >= 0.6 is 0 Å². The third kappa shape index (κ3) is 4.06. The zero-order valence-corrected chi connectivity index (χ0v) is 19.1. The highest BCUT2D eigenvalue weighted by atomic mass is 16.2. The van der Waals surface area contributed by atoms with Crippen molar-refractivity contribution in [3.63, 3.8) is 0 Å². The molecule has 0 unspecified atom stereocenters. The van der Waals surface area contributed by atoms with Crippen LogP contribution in [-0.2, 0) is 9.59 Å². The molecule has 1 saturated carbocycles. The zero-order valence-electron chi connectivity index (χ0n) is 19.1. The monoisotopic (exact) mass is 395 g/mol. The minimum atomic E-state index is -0.239. The molecule has 0 bridgehead atoms. The molecule has 3 heteroatoms. The SMILES string of the molecule is C/C=C(\C)[C@@H]1C(C)=C[C@]2(C)C[C@H](C)CC[C@H]2[C@@H]1C(=O)C1=C/C(=C/C(C)C)NC1=O. The summed E-state index contributed by atoms with van der Waals surface area (Å²) in [6.07, 6.45) is 11.7. The Labute approximate surface area is 176 Å². The molecule has 0 aromatic heterocycles. The largest absolute Gasteiger partial charge is 0.322 e. The standard InChI is InChI=1S/C26H37NO2/c1-8-17(5)22-18(6)14-26(7)13-16(4)9-10-21(26)23(22)24(28)20-12-19(11-15(2)3)27-25(20)29/h8,11-12,14-16,21-23H,9-10,13H2,1-7H3,(H,27,29)/b17-8+,19-11-/t16-,21+,22-,23+,26+/m1/s1. The first kappa shape index (κ1) is 21.8. The number of fused-ring (bicyclic) bond motifs is 1. The van der Waals surface area contributed by atoms with Crippen LogP contribution in [0.25, 0.3) is 0 Å². The molecule has 1 N–H and O–H groups in total. The highest BCUT2D eigenvalue weighted by molar-refractivity contribution is 6.22. The van der Waals surface area contributed by atoms with E-state index in [9.17, 15) is 9.59 Å². The Morgan fingerprint density at radius 3 is 2.62 bits per heavy atom. The minimum Gasteiger partial charge on any atom is -0.322 e. The van der Waals surface area contributed by atoms with Crippen molar-refractivity contribution in [3.05, 3.63) is 46.7 Å². The van der Waals surface area contributed by atoms with Gasteiger partial charge in [-0.1, -0.05) is 63.5 Å². The molecule has 5 atom stereocenters. The summed E-state index contributed by atoms with van der Waals surface area (Å²) in [6.45, 7) is 15.1. The molecule has 0 aromatic carbocycles. The molecular weight excluding hydrogens is 358 g/mol. The number of nitrogens with one attached hydrogen (secondary N) is 1. The van der Waals surface area contributed by atoms with Gasteiger partial charge >= 0.3 is 0 Å². The van der Waals surface area contributed by atoms with Crippen LogP contribution in [0.15, 0.2) is 46.7 Å². The number of hydrogen-bond donors (Lipinski definition) is 1. The van der Waals surface area contributed by atoms with Gasteiger partial charge in [0.2, 0.25) is 0 Å². The van der Waals surface area contributed by atoms with Crippen LogP contribution in [-0.4, -0.2) is 11.7 Å². The summed E-state index contributed by atoms with van der Waals surface area (Å²) in [6, 6.07) is 0. The van der Waals surface area contributed by atoms with Gasteiger partial charge in [-0.15, -0.1) is 0 Å². The van der Waals surface area contributed by atoms with Gasteiger partial charge in [-0.3, -0.25) is 9.59 Å². The Balaban J connectivity index is 2.07. The van der Waals surface area contributed by atoms with E-state index in [0.717, 1.165) is 25.0 Å². The summed E-state index contributed by atoms with van der Waals surface area (Å²) in [5.74, 6) is 0.981. The van der Waals surface area contributed by atoms with Crippen LogP contribution < -0.4 is 5.32 Å². The van der Waals surface area contributed by atoms with Crippen LogP contribution in [0.4, 0.5) is 0 Å². The van der Waals surface area contributed by atoms with Gasteiger partial charge in [-0.05, 0) is 62.9 Å². The predicted molar refractivity (Wildman–Crippen MR) is 119 cm³/mol. The Morgan fingerprint density at radius 2 is 2.00 bits per heavy atom. The number of ketones is 1. The van der Waals surface area contributed by atoms with E-state index in [0.29, 0.717) is 17.4 Å². The maximum atomic E-state index is 13.9. The molecule has 29 heavy (non-hydrogen) atoms. The van der Waals surface area contributed by atoms with E-state index in [2.05, 4.69) is 59.0 Å². The highest BCUT2D eigenvalue weighted by Gasteiger charge is 2.51. The number of carbonyl (C=O) groups excluding carboxylic acids is 2. The van der Waals surface area contributed by atoms with Gasteiger partial charge in [0, 0.05) is 17.5 Å². The average Bonchev–Trinajstić information content (AvgIpc) is 2.97. The Bertz CT molecular complexity index is 826. The maximum Gasteiger partial charge on any atom is 0.259 e. The van der Waals surface area contributed by atoms with Crippen molar-refractivity contribution in [2.75, 3.05) is 0 Å². The lowest BCUT2D eigenvalue weighted by molar-refractivity contribution is -0.128. The van der Waals surface area contributed by atoms with Gasteiger partial charge in [0.25, 0.3) is 5.91 Å². The summed E-state index contributed by atoms with van der Waals surface area (Å²) in [7, 11) is 0. The number of allylic oxidation sites excluding steroid dienone is 6. The number of rotatable bonds is 4. The van der Waals surface area contributed by atoms with Crippen LogP contribution in [0, 0.1) is 35.0 Å². The van der Waals surface area contributed by atoms with Crippen molar-refractivity contribution in [1.29, 1.82) is 0 Å². The maximum absolute atomic E-state index is 13.9. The third-order valence-electron chi connectivity index (χ3n) is 7.28. The van der Waals surface area contributed by atoms with Gasteiger partial charge < -0.3 is 5.32 Å². The fraction of sp³-hybridized carbons (Fsp3) is 0.615. The van der Waals surface area contributed by atoms with Gasteiger partial charge in [0.15, 0.2) is 5.78 Å². The highest BCUT2D eigenvalue weighted by Crippen LogP contribution is 2.56. The second-order valence-corrected chi connectivity index (χ2v) is 10.2. The van der Waals surface area contributed by atoms with Crippen molar-refractivity contribution in [1.82, 2.24) is 5.32 Å². The Hall–Kier alpha value is -1.90. The van der Waals surface area contributed by atoms with Crippen LogP contribution in [0.1, 0.15) is 67.7 Å². The lowest BCUT2D eigenvalue weighted by atomic mass is 9.52. The molecule has 3 aliphatic rings. The molecule has 1 aliphatic heterocycles. The van der Waals surface area contributed by atoms with E-state index in [1.165, 1.54) is 11.1 Å². The molecule has 3 rings (SSSR count). The fourth-order valence-corrected chi connectivity index (χ4v) is 6.10. The molecule has 0 spiro atoms. The van der Waals surface area contributed by atoms with Crippen molar-refractivity contribution in [2.24, 2.45) is 35.0 Å². The fourth-order valence-electron chi connectivity index (χ4n) is 6.10. The number of carbonyl (C=O) groups is 2. The topological polar surface area (TPSA) is 46.2 Å². The van der Waals surface area contributed by atoms with Gasteiger partial charge in [-0.2, -0.15) is 0 Å². The van der Waals surface area contributed by atoms with Crippen molar-refractivity contribution in [2.45, 2.75) is 67.7 Å². The molecule has 1 heterocycles. The smallest absolute Gasteiger partial charge is 0.259 e. The van der Waals surface area contributed by atoms with Crippen LogP contribution in [0.5, 0.6) is 0 Å². The third-order valence-corrected chi connectivity index (χ3v) is 7.28. The van der Waals surface area contributed by atoms with Crippen molar-refractivity contribution >= 4 is 11.7 Å². The predicted octanol–water partition coefficient (Wildman–Crippen LogP) is 5.75. The number of amides is 1. The molecule has 0 saturated heterocycles. The van der Waals surface area contributed by atoms with Gasteiger partial charge in [0.05, 0.1) is 5.57 Å². The second kappa shape index (κ2) is 8.08. The molecular formula is C26H37NO2. The average molecular weight is 396 g/mol. The first-order valence-electron chi connectivity index (χ1n) is 11.2. The van der Waals surface area contributed by atoms with E-state index in [4.69, 9.17) is 0 Å². The Kier molecular flexibility index (Phi) is 6.08. The number of hydrogen-bond acceptors (Lipinski definition) is 2. The molecule has 158 valence electrons. The molecule has 1 amide bonds. The molecule has 1 fully saturated rings. The van der Waals surface area contributed by atoms with Crippen molar-refractivity contribution in [3.8, 4) is 0 Å². The van der Waals surface area contributed by atoms with E-state index < -0.39 is 0 Å². The molecule has 2 aliphatic carbocycles. The van der Waals surface area contributed by atoms with E-state index in [-0.39, 0.29) is 34.9 Å². The van der Waals surface area contributed by atoms with E-state index >= 15 is 0 Å². The van der Waals surface area contributed by atoms with Gasteiger partial charge in [-0.25, -0.2) is 0 Å². The van der Waals surface area contributed by atoms with E-state index in [1.807, 2.05) is 13.0 Å². The minimum absolute atomic E-state index is 0.0266. The molecule has 0 radical (unpaired) electrons. The molecule has 3 nitrogen and oxygen atoms in total. The quantitative estimate of drug-likeness (QED) is 0.486. The first-order chi connectivity index (χ1) is 13.6. The van der Waals surface area contributed by atoms with Crippen LogP contribution in [0.3, 0.4) is 0 Å². The Morgan fingerprint density at radius 1 is 1.31 bits per heavy atom. The van der Waals surface area contributed by atoms with Crippen molar-refractivity contribution < 1.29 is 9.59 Å². The summed E-state index contributed by atoms with van der Waals surface area (Å²) < 4.78 is 0. The van der Waals surface area contributed by atoms with Crippen LogP contribution in [0.2, 0.25) is 0 Å². The zero-order chi connectivity index (χ0) is 21.5. The molecule has 0 aromatic rings. The van der Waals surface area contributed by atoms with E-state index in [1.54, 1.807) is 6.08 Å². The lowest BCUT2D eigenvalue weighted by Crippen LogP contribution is -2.48. The summed E-state index contributed by atoms with van der Waals surface area (Å²) >= 11 is 0. The first-order valence-corrected chi connectivity index (χ1v) is 11.2. The second-order valence-electron chi connectivity index (χ2n) is 10.2. The normalized spacial score (nSPS) is 36.6. The lowest BCUT2D eigenvalue weighted by Gasteiger charge is -2.52. The number of Topliss-reactive ketones (excluding diaryl/α,β-unsaturated/α-hetero) is 1.